The number of carbonyl (C=O) groups excluding carboxylic acids is 1. The zero-order valence-electron chi connectivity index (χ0n) is 14.5. The highest BCUT2D eigenvalue weighted by molar-refractivity contribution is 5.77. The number of ether oxygens (including phenoxy) is 2. The van der Waals surface area contributed by atoms with Crippen molar-refractivity contribution in [3.63, 3.8) is 0 Å². The number of hydrogen-bond donors (Lipinski definition) is 1. The number of morpholine rings is 1. The van der Waals surface area contributed by atoms with Gasteiger partial charge < -0.3 is 19.7 Å². The predicted octanol–water partition coefficient (Wildman–Crippen LogP) is 2.53. The Morgan fingerprint density at radius 3 is 2.56 bits per heavy atom. The number of anilines is 1. The second kappa shape index (κ2) is 8.53. The average molecular weight is 340 g/mol. The summed E-state index contributed by atoms with van der Waals surface area (Å²) in [6, 6.07) is 16.0. The fraction of sp³-hybridized carbons (Fsp3) is 0.350. The van der Waals surface area contributed by atoms with Gasteiger partial charge in [0, 0.05) is 25.3 Å². The fourth-order valence-electron chi connectivity index (χ4n) is 2.76. The Morgan fingerprint density at radius 1 is 1.12 bits per heavy atom. The third-order valence-electron chi connectivity index (χ3n) is 4.25. The number of nitrogens with one attached hydrogen (secondary N) is 1. The van der Waals surface area contributed by atoms with E-state index in [1.165, 1.54) is 5.69 Å². The lowest BCUT2D eigenvalue weighted by Gasteiger charge is -2.28. The number of benzene rings is 2. The van der Waals surface area contributed by atoms with Gasteiger partial charge in [0.25, 0.3) is 5.91 Å². The molecule has 1 saturated heterocycles. The van der Waals surface area contributed by atoms with E-state index in [-0.39, 0.29) is 12.5 Å². The van der Waals surface area contributed by atoms with Crippen LogP contribution in [0.1, 0.15) is 11.1 Å². The van der Waals surface area contributed by atoms with Gasteiger partial charge in [-0.05, 0) is 36.2 Å². The van der Waals surface area contributed by atoms with Crippen LogP contribution in [0, 0.1) is 6.92 Å². The summed E-state index contributed by atoms with van der Waals surface area (Å²) in [5.74, 6) is 0.619. The molecule has 1 fully saturated rings. The molecule has 0 saturated carbocycles. The van der Waals surface area contributed by atoms with Crippen LogP contribution >= 0.6 is 0 Å². The van der Waals surface area contributed by atoms with E-state index in [1.54, 1.807) is 0 Å². The van der Waals surface area contributed by atoms with Crippen LogP contribution in [0.2, 0.25) is 0 Å². The van der Waals surface area contributed by atoms with Crippen molar-refractivity contribution < 1.29 is 14.3 Å². The topological polar surface area (TPSA) is 50.8 Å². The standard InChI is InChI=1S/C20H24N2O3/c1-16-4-2-3-5-19(16)25-15-20(23)21-14-17-6-8-18(9-7-17)22-10-12-24-13-11-22/h2-9H,10-15H2,1H3,(H,21,23). The average Bonchev–Trinajstić information content (AvgIpc) is 2.67. The van der Waals surface area contributed by atoms with Crippen molar-refractivity contribution in [3.05, 3.63) is 59.7 Å². The van der Waals surface area contributed by atoms with E-state index >= 15 is 0 Å². The first kappa shape index (κ1) is 17.3. The van der Waals surface area contributed by atoms with Crippen LogP contribution in [0.3, 0.4) is 0 Å². The van der Waals surface area contributed by atoms with Crippen LogP contribution < -0.4 is 15.0 Å². The lowest BCUT2D eigenvalue weighted by atomic mass is 10.2. The van der Waals surface area contributed by atoms with Gasteiger partial charge in [0.1, 0.15) is 5.75 Å². The van der Waals surface area contributed by atoms with Gasteiger partial charge in [-0.1, -0.05) is 30.3 Å². The van der Waals surface area contributed by atoms with Crippen LogP contribution in [0.25, 0.3) is 0 Å². The summed E-state index contributed by atoms with van der Waals surface area (Å²) in [6.07, 6.45) is 0. The minimum absolute atomic E-state index is 0.0245. The van der Waals surface area contributed by atoms with Gasteiger partial charge in [-0.3, -0.25) is 4.79 Å². The number of rotatable bonds is 6. The maximum atomic E-state index is 12.0. The zero-order valence-corrected chi connectivity index (χ0v) is 14.5. The molecule has 0 aliphatic carbocycles. The molecule has 5 heteroatoms. The molecule has 0 unspecified atom stereocenters. The van der Waals surface area contributed by atoms with Crippen molar-refractivity contribution in [1.82, 2.24) is 5.32 Å². The van der Waals surface area contributed by atoms with Gasteiger partial charge >= 0.3 is 0 Å². The van der Waals surface area contributed by atoms with E-state index in [1.807, 2.05) is 43.3 Å². The van der Waals surface area contributed by atoms with Crippen molar-refractivity contribution in [2.75, 3.05) is 37.8 Å². The molecule has 3 rings (SSSR count). The summed E-state index contributed by atoms with van der Waals surface area (Å²) in [4.78, 5) is 14.3. The number of nitrogens with zero attached hydrogens (tertiary/aromatic N) is 1. The molecule has 25 heavy (non-hydrogen) atoms. The Morgan fingerprint density at radius 2 is 1.84 bits per heavy atom. The highest BCUT2D eigenvalue weighted by Crippen LogP contribution is 2.17. The molecule has 2 aromatic rings. The summed E-state index contributed by atoms with van der Waals surface area (Å²) in [7, 11) is 0. The number of amides is 1. The van der Waals surface area contributed by atoms with Gasteiger partial charge in [0.15, 0.2) is 6.61 Å². The van der Waals surface area contributed by atoms with Gasteiger partial charge in [0.05, 0.1) is 13.2 Å². The Hall–Kier alpha value is -2.53. The number of carbonyl (C=O) groups is 1. The quantitative estimate of drug-likeness (QED) is 0.878. The van der Waals surface area contributed by atoms with Crippen LogP contribution in [0.4, 0.5) is 5.69 Å². The molecule has 0 aromatic heterocycles. The van der Waals surface area contributed by atoms with Crippen molar-refractivity contribution in [2.24, 2.45) is 0 Å². The summed E-state index contributed by atoms with van der Waals surface area (Å²) >= 11 is 0. The van der Waals surface area contributed by atoms with Crippen LogP contribution in [0.15, 0.2) is 48.5 Å². The van der Waals surface area contributed by atoms with Gasteiger partial charge in [0.2, 0.25) is 0 Å². The van der Waals surface area contributed by atoms with Crippen molar-refractivity contribution >= 4 is 11.6 Å². The second-order valence-electron chi connectivity index (χ2n) is 6.10. The predicted molar refractivity (Wildman–Crippen MR) is 98.0 cm³/mol. The second-order valence-corrected chi connectivity index (χ2v) is 6.10. The van der Waals surface area contributed by atoms with Gasteiger partial charge in [-0.25, -0.2) is 0 Å². The third kappa shape index (κ3) is 4.97. The smallest absolute Gasteiger partial charge is 0.258 e. The van der Waals surface area contributed by atoms with E-state index in [0.29, 0.717) is 6.54 Å². The SMILES string of the molecule is Cc1ccccc1OCC(=O)NCc1ccc(N2CCOCC2)cc1. The summed E-state index contributed by atoms with van der Waals surface area (Å²) in [6.45, 7) is 5.88. The highest BCUT2D eigenvalue weighted by atomic mass is 16.5. The van der Waals surface area contributed by atoms with E-state index in [9.17, 15) is 4.79 Å². The minimum atomic E-state index is -0.125. The number of aryl methyl sites for hydroxylation is 1. The summed E-state index contributed by atoms with van der Waals surface area (Å²) < 4.78 is 10.9. The number of para-hydroxylation sites is 1. The first-order valence-corrected chi connectivity index (χ1v) is 8.59. The molecule has 5 nitrogen and oxygen atoms in total. The molecule has 1 N–H and O–H groups in total. The van der Waals surface area contributed by atoms with Crippen LogP contribution in [-0.2, 0) is 16.1 Å². The fourth-order valence-corrected chi connectivity index (χ4v) is 2.76. The highest BCUT2D eigenvalue weighted by Gasteiger charge is 2.11. The molecule has 1 heterocycles. The lowest BCUT2D eigenvalue weighted by molar-refractivity contribution is -0.123. The first-order valence-electron chi connectivity index (χ1n) is 8.59. The van der Waals surface area contributed by atoms with Crippen LogP contribution in [0.5, 0.6) is 5.75 Å². The molecule has 0 bridgehead atoms. The van der Waals surface area contributed by atoms with E-state index in [0.717, 1.165) is 43.2 Å². The molecule has 0 radical (unpaired) electrons. The van der Waals surface area contributed by atoms with Crippen LogP contribution in [-0.4, -0.2) is 38.8 Å². The maximum absolute atomic E-state index is 12.0. The maximum Gasteiger partial charge on any atom is 0.258 e. The van der Waals surface area contributed by atoms with E-state index in [2.05, 4.69) is 22.3 Å². The molecule has 2 aromatic carbocycles. The largest absolute Gasteiger partial charge is 0.484 e. The molecular weight excluding hydrogens is 316 g/mol. The zero-order chi connectivity index (χ0) is 17.5. The molecule has 1 aliphatic heterocycles. The molecule has 1 amide bonds. The van der Waals surface area contributed by atoms with Crippen molar-refractivity contribution in [2.45, 2.75) is 13.5 Å². The molecular formula is C20H24N2O3. The van der Waals surface area contributed by atoms with E-state index in [4.69, 9.17) is 9.47 Å². The molecule has 0 spiro atoms. The lowest BCUT2D eigenvalue weighted by Crippen LogP contribution is -2.36. The van der Waals surface area contributed by atoms with Gasteiger partial charge in [-0.15, -0.1) is 0 Å². The first-order chi connectivity index (χ1) is 12.2. The van der Waals surface area contributed by atoms with Gasteiger partial charge in [-0.2, -0.15) is 0 Å². The Bertz CT molecular complexity index is 694. The summed E-state index contributed by atoms with van der Waals surface area (Å²) in [5.41, 5.74) is 3.29. The molecule has 1 aliphatic rings. The van der Waals surface area contributed by atoms with Crippen molar-refractivity contribution in [3.8, 4) is 5.75 Å². The van der Waals surface area contributed by atoms with Crippen molar-refractivity contribution in [1.29, 1.82) is 0 Å². The summed E-state index contributed by atoms with van der Waals surface area (Å²) in [5, 5.41) is 2.89. The monoisotopic (exact) mass is 340 g/mol. The third-order valence-corrected chi connectivity index (χ3v) is 4.25. The minimum Gasteiger partial charge on any atom is -0.484 e. The Labute approximate surface area is 148 Å². The molecule has 0 atom stereocenters. The Kier molecular flexibility index (Phi) is 5.90. The van der Waals surface area contributed by atoms with E-state index < -0.39 is 0 Å². The normalized spacial score (nSPS) is 14.2. The number of hydrogen-bond acceptors (Lipinski definition) is 4. The molecule has 132 valence electrons. The Balaban J connectivity index is 1.44.